The van der Waals surface area contributed by atoms with Crippen LogP contribution in [-0.4, -0.2) is 20.7 Å². The molecule has 0 N–H and O–H groups in total. The van der Waals surface area contributed by atoms with Gasteiger partial charge in [0, 0.05) is 24.4 Å². The van der Waals surface area contributed by atoms with E-state index in [1.807, 2.05) is 0 Å². The minimum Gasteiger partial charge on any atom is -0.416 e. The lowest BCUT2D eigenvalue weighted by atomic mass is 9.70. The summed E-state index contributed by atoms with van der Waals surface area (Å²) in [6, 6.07) is 0. The van der Waals surface area contributed by atoms with Crippen LogP contribution in [0.1, 0.15) is 40.0 Å². The molecule has 3 fully saturated rings. The van der Waals surface area contributed by atoms with Crippen LogP contribution in [0.25, 0.3) is 0 Å². The van der Waals surface area contributed by atoms with Crippen molar-refractivity contribution >= 4 is 14.1 Å². The van der Waals surface area contributed by atoms with Crippen molar-refractivity contribution in [2.75, 3.05) is 6.61 Å². The Hall–Kier alpha value is -0.153. The second kappa shape index (κ2) is 3.42. The number of fused-ring (bicyclic) bond motifs is 1. The van der Waals surface area contributed by atoms with Crippen molar-refractivity contribution in [3.8, 4) is 0 Å². The molecule has 16 heavy (non-hydrogen) atoms. The molecular formula is C13H24O2Si. The van der Waals surface area contributed by atoms with Gasteiger partial charge in [-0.25, -0.2) is 0 Å². The second-order valence-corrected chi connectivity index (χ2v) is 12.1. The van der Waals surface area contributed by atoms with E-state index >= 15 is 0 Å². The largest absolute Gasteiger partial charge is 0.416 e. The van der Waals surface area contributed by atoms with Gasteiger partial charge in [0.1, 0.15) is 5.78 Å². The summed E-state index contributed by atoms with van der Waals surface area (Å²) in [6.07, 6.45) is 2.98. The Morgan fingerprint density at radius 3 is 2.31 bits per heavy atom. The zero-order valence-corrected chi connectivity index (χ0v) is 12.2. The minimum absolute atomic E-state index is 0.247. The molecule has 2 nitrogen and oxygen atoms in total. The van der Waals surface area contributed by atoms with E-state index in [2.05, 4.69) is 33.9 Å². The molecule has 0 saturated heterocycles. The van der Waals surface area contributed by atoms with E-state index in [9.17, 15) is 4.79 Å². The van der Waals surface area contributed by atoms with Crippen molar-refractivity contribution in [1.82, 2.24) is 0 Å². The van der Waals surface area contributed by atoms with E-state index < -0.39 is 8.32 Å². The third-order valence-corrected chi connectivity index (χ3v) is 9.39. The van der Waals surface area contributed by atoms with Gasteiger partial charge in [0.25, 0.3) is 0 Å². The molecule has 0 amide bonds. The standard InChI is InChI=1S/C13H24O2Si/c1-12(2,3)16(4,5)15-9-13-6-10(7-13)11(14)8-13/h10H,6-9H2,1-5H3. The maximum Gasteiger partial charge on any atom is 0.192 e. The Balaban J connectivity index is 1.92. The molecule has 0 heterocycles. The first kappa shape index (κ1) is 12.3. The quantitative estimate of drug-likeness (QED) is 0.707. The van der Waals surface area contributed by atoms with E-state index in [1.165, 1.54) is 0 Å². The fraction of sp³-hybridized carbons (Fsp3) is 0.923. The summed E-state index contributed by atoms with van der Waals surface area (Å²) in [7, 11) is -1.63. The van der Waals surface area contributed by atoms with E-state index in [0.717, 1.165) is 25.9 Å². The highest BCUT2D eigenvalue weighted by atomic mass is 28.4. The predicted molar refractivity (Wildman–Crippen MR) is 67.9 cm³/mol. The van der Waals surface area contributed by atoms with Crippen molar-refractivity contribution in [2.24, 2.45) is 11.3 Å². The van der Waals surface area contributed by atoms with E-state index in [-0.39, 0.29) is 10.5 Å². The molecule has 3 saturated carbocycles. The Morgan fingerprint density at radius 2 is 1.94 bits per heavy atom. The fourth-order valence-corrected chi connectivity index (χ4v) is 3.69. The Bertz CT molecular complexity index is 308. The van der Waals surface area contributed by atoms with Gasteiger partial charge >= 0.3 is 0 Å². The summed E-state index contributed by atoms with van der Waals surface area (Å²) in [5, 5.41) is 0.273. The molecule has 0 aliphatic heterocycles. The number of ketones is 1. The van der Waals surface area contributed by atoms with Gasteiger partial charge in [0.05, 0.1) is 0 Å². The number of carbonyl (C=O) groups is 1. The van der Waals surface area contributed by atoms with Crippen LogP contribution in [0.15, 0.2) is 0 Å². The molecule has 0 unspecified atom stereocenters. The average molecular weight is 240 g/mol. The van der Waals surface area contributed by atoms with Crippen molar-refractivity contribution in [3.05, 3.63) is 0 Å². The first-order valence-electron chi connectivity index (χ1n) is 6.32. The van der Waals surface area contributed by atoms with E-state index in [1.54, 1.807) is 0 Å². The van der Waals surface area contributed by atoms with Crippen molar-refractivity contribution in [2.45, 2.75) is 58.2 Å². The van der Waals surface area contributed by atoms with Crippen LogP contribution in [0.5, 0.6) is 0 Å². The molecule has 92 valence electrons. The number of hydrogen-bond donors (Lipinski definition) is 0. The lowest BCUT2D eigenvalue weighted by Gasteiger charge is -2.43. The molecule has 0 radical (unpaired) electrons. The van der Waals surface area contributed by atoms with E-state index in [4.69, 9.17) is 4.43 Å². The monoisotopic (exact) mass is 240 g/mol. The summed E-state index contributed by atoms with van der Waals surface area (Å²) in [5.74, 6) is 0.877. The summed E-state index contributed by atoms with van der Waals surface area (Å²) >= 11 is 0. The third kappa shape index (κ3) is 1.88. The minimum atomic E-state index is -1.63. The first-order chi connectivity index (χ1) is 7.15. The molecule has 0 aromatic heterocycles. The lowest BCUT2D eigenvalue weighted by Crippen LogP contribution is -2.45. The highest BCUT2D eigenvalue weighted by Gasteiger charge is 2.56. The van der Waals surface area contributed by atoms with Crippen LogP contribution in [-0.2, 0) is 9.22 Å². The summed E-state index contributed by atoms with van der Waals surface area (Å²) in [4.78, 5) is 11.5. The van der Waals surface area contributed by atoms with Crippen LogP contribution < -0.4 is 0 Å². The molecular weight excluding hydrogens is 216 g/mol. The third-order valence-electron chi connectivity index (χ3n) is 4.91. The summed E-state index contributed by atoms with van der Waals surface area (Å²) in [5.41, 5.74) is 0.247. The first-order valence-corrected chi connectivity index (χ1v) is 9.23. The lowest BCUT2D eigenvalue weighted by molar-refractivity contribution is -0.119. The molecule has 0 spiro atoms. The van der Waals surface area contributed by atoms with Crippen molar-refractivity contribution in [3.63, 3.8) is 0 Å². The Kier molecular flexibility index (Phi) is 2.63. The molecule has 3 rings (SSSR count). The van der Waals surface area contributed by atoms with Crippen LogP contribution >= 0.6 is 0 Å². The molecule has 3 aliphatic carbocycles. The van der Waals surface area contributed by atoms with Crippen LogP contribution in [0.4, 0.5) is 0 Å². The van der Waals surface area contributed by atoms with E-state index in [0.29, 0.717) is 11.7 Å². The topological polar surface area (TPSA) is 26.3 Å². The normalized spacial score (nSPS) is 34.1. The van der Waals surface area contributed by atoms with Gasteiger partial charge in [0.2, 0.25) is 0 Å². The van der Waals surface area contributed by atoms with Crippen LogP contribution in [0.2, 0.25) is 18.1 Å². The molecule has 0 atom stereocenters. The Labute approximate surface area is 99.9 Å². The van der Waals surface area contributed by atoms with Gasteiger partial charge in [-0.05, 0) is 31.0 Å². The number of carbonyl (C=O) groups excluding carboxylic acids is 1. The smallest absolute Gasteiger partial charge is 0.192 e. The van der Waals surface area contributed by atoms with Gasteiger partial charge in [-0.2, -0.15) is 0 Å². The Morgan fingerprint density at radius 1 is 1.38 bits per heavy atom. The van der Waals surface area contributed by atoms with Crippen LogP contribution in [0.3, 0.4) is 0 Å². The molecule has 2 bridgehead atoms. The molecule has 0 aromatic carbocycles. The maximum absolute atomic E-state index is 11.5. The van der Waals surface area contributed by atoms with Crippen molar-refractivity contribution < 1.29 is 9.22 Å². The predicted octanol–water partition coefficient (Wildman–Crippen LogP) is 3.38. The second-order valence-electron chi connectivity index (χ2n) is 7.30. The summed E-state index contributed by atoms with van der Waals surface area (Å²) < 4.78 is 6.25. The number of rotatable bonds is 3. The SMILES string of the molecule is CC(C)(C)[Si](C)(C)OCC12CC(=O)C(C1)C2. The van der Waals surface area contributed by atoms with Gasteiger partial charge in [-0.15, -0.1) is 0 Å². The van der Waals surface area contributed by atoms with Gasteiger partial charge in [0.15, 0.2) is 8.32 Å². The number of Topliss-reactive ketones (excluding diaryl/α,β-unsaturated/α-hetero) is 1. The molecule has 3 heteroatoms. The molecule has 3 aliphatic rings. The zero-order chi connectivity index (χ0) is 12.2. The highest BCUT2D eigenvalue weighted by molar-refractivity contribution is 6.74. The fourth-order valence-electron chi connectivity index (χ4n) is 2.59. The molecule has 0 aromatic rings. The maximum atomic E-state index is 11.5. The van der Waals surface area contributed by atoms with Gasteiger partial charge in [-0.3, -0.25) is 4.79 Å². The average Bonchev–Trinajstić information content (AvgIpc) is 2.51. The van der Waals surface area contributed by atoms with Gasteiger partial charge < -0.3 is 4.43 Å². The van der Waals surface area contributed by atoms with Gasteiger partial charge in [-0.1, -0.05) is 20.8 Å². The van der Waals surface area contributed by atoms with Crippen LogP contribution in [0, 0.1) is 11.3 Å². The summed E-state index contributed by atoms with van der Waals surface area (Å²) in [6.45, 7) is 12.2. The highest BCUT2D eigenvalue weighted by Crippen LogP contribution is 2.57. The zero-order valence-electron chi connectivity index (χ0n) is 11.2. The number of hydrogen-bond acceptors (Lipinski definition) is 2. The van der Waals surface area contributed by atoms with Crippen molar-refractivity contribution in [1.29, 1.82) is 0 Å².